The first kappa shape index (κ1) is 11.5. The van der Waals surface area contributed by atoms with Gasteiger partial charge < -0.3 is 10.3 Å². The second-order valence-corrected chi connectivity index (χ2v) is 5.10. The number of nitrogens with zero attached hydrogens (tertiary/aromatic N) is 2. The van der Waals surface area contributed by atoms with Crippen molar-refractivity contribution in [3.63, 3.8) is 0 Å². The Labute approximate surface area is 108 Å². The van der Waals surface area contributed by atoms with Crippen molar-refractivity contribution >= 4 is 0 Å². The Hall–Kier alpha value is -1.61. The first-order valence-electron chi connectivity index (χ1n) is 6.68. The largest absolute Gasteiger partial charge is 0.328 e. The van der Waals surface area contributed by atoms with Crippen molar-refractivity contribution in [2.24, 2.45) is 5.73 Å². The smallest absolute Gasteiger partial charge is 0.140 e. The fraction of sp³-hybridized carbons (Fsp3) is 0.400. The summed E-state index contributed by atoms with van der Waals surface area (Å²) in [5.74, 6) is 1.06. The van der Waals surface area contributed by atoms with Gasteiger partial charge >= 0.3 is 0 Å². The molecule has 0 radical (unpaired) electrons. The van der Waals surface area contributed by atoms with Crippen LogP contribution in [0.2, 0.25) is 0 Å². The first-order valence-corrected chi connectivity index (χ1v) is 6.68. The maximum atomic E-state index is 6.09. The number of rotatable bonds is 2. The van der Waals surface area contributed by atoms with Gasteiger partial charge in [0.05, 0.1) is 0 Å². The molecule has 2 N–H and O–H groups in total. The Morgan fingerprint density at radius 3 is 2.78 bits per heavy atom. The van der Waals surface area contributed by atoms with Crippen LogP contribution in [0.1, 0.15) is 31.7 Å². The van der Waals surface area contributed by atoms with Gasteiger partial charge in [-0.3, -0.25) is 0 Å². The predicted molar refractivity (Wildman–Crippen MR) is 73.1 cm³/mol. The van der Waals surface area contributed by atoms with Crippen LogP contribution in [0.15, 0.2) is 42.7 Å². The highest BCUT2D eigenvalue weighted by molar-refractivity contribution is 5.55. The zero-order chi connectivity index (χ0) is 12.4. The molecule has 0 aliphatic heterocycles. The van der Waals surface area contributed by atoms with Crippen molar-refractivity contribution in [1.82, 2.24) is 9.55 Å². The lowest BCUT2D eigenvalue weighted by atomic mass is 9.91. The molecular formula is C15H19N3. The van der Waals surface area contributed by atoms with Gasteiger partial charge in [-0.1, -0.05) is 30.3 Å². The number of nitrogens with two attached hydrogens (primary N) is 1. The summed E-state index contributed by atoms with van der Waals surface area (Å²) >= 11 is 0. The summed E-state index contributed by atoms with van der Waals surface area (Å²) in [5.41, 5.74) is 7.27. The molecule has 1 aliphatic carbocycles. The quantitative estimate of drug-likeness (QED) is 0.878. The van der Waals surface area contributed by atoms with Crippen molar-refractivity contribution in [1.29, 1.82) is 0 Å². The van der Waals surface area contributed by atoms with E-state index in [1.807, 2.05) is 12.3 Å². The lowest BCUT2D eigenvalue weighted by molar-refractivity contribution is 0.322. The van der Waals surface area contributed by atoms with Crippen LogP contribution in [0.5, 0.6) is 0 Å². The Kier molecular flexibility index (Phi) is 3.15. The molecule has 1 aliphatic rings. The molecule has 1 fully saturated rings. The molecule has 0 bridgehead atoms. The van der Waals surface area contributed by atoms with E-state index in [0.717, 1.165) is 18.7 Å². The molecule has 3 heteroatoms. The van der Waals surface area contributed by atoms with Crippen LogP contribution < -0.4 is 5.73 Å². The third kappa shape index (κ3) is 2.18. The van der Waals surface area contributed by atoms with Gasteiger partial charge in [0.1, 0.15) is 5.82 Å². The monoisotopic (exact) mass is 241 g/mol. The van der Waals surface area contributed by atoms with E-state index >= 15 is 0 Å². The average Bonchev–Trinajstić information content (AvgIpc) is 2.89. The fourth-order valence-corrected chi connectivity index (χ4v) is 2.87. The minimum atomic E-state index is 0.342. The number of aromatic nitrogens is 2. The molecule has 2 unspecified atom stereocenters. The van der Waals surface area contributed by atoms with Crippen LogP contribution in [0.25, 0.3) is 11.4 Å². The highest BCUT2D eigenvalue weighted by Gasteiger charge is 2.22. The number of benzene rings is 1. The second kappa shape index (κ2) is 4.94. The van der Waals surface area contributed by atoms with Gasteiger partial charge in [-0.2, -0.15) is 0 Å². The summed E-state index contributed by atoms with van der Waals surface area (Å²) in [6, 6.07) is 11.2. The molecule has 1 saturated carbocycles. The van der Waals surface area contributed by atoms with E-state index in [9.17, 15) is 0 Å². The molecule has 94 valence electrons. The molecule has 3 nitrogen and oxygen atoms in total. The van der Waals surface area contributed by atoms with Gasteiger partial charge in [0.2, 0.25) is 0 Å². The van der Waals surface area contributed by atoms with Gasteiger partial charge in [-0.15, -0.1) is 0 Å². The molecule has 2 atom stereocenters. The summed E-state index contributed by atoms with van der Waals surface area (Å²) in [6.07, 6.45) is 8.64. The maximum absolute atomic E-state index is 6.09. The molecule has 1 aromatic heterocycles. The normalized spacial score (nSPS) is 24.1. The predicted octanol–water partition coefficient (Wildman–Crippen LogP) is 2.99. The summed E-state index contributed by atoms with van der Waals surface area (Å²) in [4.78, 5) is 4.51. The average molecular weight is 241 g/mol. The minimum Gasteiger partial charge on any atom is -0.328 e. The van der Waals surface area contributed by atoms with Crippen molar-refractivity contribution in [3.8, 4) is 11.4 Å². The molecule has 0 saturated heterocycles. The fourth-order valence-electron chi connectivity index (χ4n) is 2.87. The highest BCUT2D eigenvalue weighted by Crippen LogP contribution is 2.31. The molecule has 0 amide bonds. The summed E-state index contributed by atoms with van der Waals surface area (Å²) in [6.45, 7) is 0. The Morgan fingerprint density at radius 1 is 1.17 bits per heavy atom. The first-order chi connectivity index (χ1) is 8.84. The second-order valence-electron chi connectivity index (χ2n) is 5.10. The summed E-state index contributed by atoms with van der Waals surface area (Å²) in [7, 11) is 0. The van der Waals surface area contributed by atoms with E-state index in [1.165, 1.54) is 18.4 Å². The lowest BCUT2D eigenvalue weighted by Crippen LogP contribution is -2.29. The van der Waals surface area contributed by atoms with Gasteiger partial charge in [0.25, 0.3) is 0 Å². The van der Waals surface area contributed by atoms with Crippen LogP contribution in [-0.4, -0.2) is 15.6 Å². The minimum absolute atomic E-state index is 0.342. The zero-order valence-corrected chi connectivity index (χ0v) is 10.5. The molecule has 1 aromatic carbocycles. The number of hydrogen-bond donors (Lipinski definition) is 1. The van der Waals surface area contributed by atoms with Crippen LogP contribution in [0, 0.1) is 0 Å². The van der Waals surface area contributed by atoms with Crippen LogP contribution >= 0.6 is 0 Å². The topological polar surface area (TPSA) is 43.8 Å². The Morgan fingerprint density at radius 2 is 2.00 bits per heavy atom. The standard InChI is InChI=1S/C15H19N3/c16-13-7-4-8-14(11-13)18-10-9-17-15(18)12-5-2-1-3-6-12/h1-3,5-6,9-10,13-14H,4,7-8,11,16H2. The third-order valence-corrected chi connectivity index (χ3v) is 3.78. The van der Waals surface area contributed by atoms with Crippen molar-refractivity contribution in [3.05, 3.63) is 42.7 Å². The number of imidazole rings is 1. The van der Waals surface area contributed by atoms with Crippen LogP contribution in [0.4, 0.5) is 0 Å². The molecule has 18 heavy (non-hydrogen) atoms. The van der Waals surface area contributed by atoms with Crippen molar-refractivity contribution < 1.29 is 0 Å². The number of hydrogen-bond acceptors (Lipinski definition) is 2. The van der Waals surface area contributed by atoms with E-state index in [0.29, 0.717) is 12.1 Å². The van der Waals surface area contributed by atoms with Gasteiger partial charge in [0.15, 0.2) is 0 Å². The van der Waals surface area contributed by atoms with E-state index in [2.05, 4.69) is 40.0 Å². The van der Waals surface area contributed by atoms with Crippen molar-refractivity contribution in [2.75, 3.05) is 0 Å². The van der Waals surface area contributed by atoms with E-state index in [4.69, 9.17) is 5.73 Å². The highest BCUT2D eigenvalue weighted by atomic mass is 15.1. The van der Waals surface area contributed by atoms with E-state index in [-0.39, 0.29) is 0 Å². The Bertz CT molecular complexity index is 503. The zero-order valence-electron chi connectivity index (χ0n) is 10.5. The van der Waals surface area contributed by atoms with Gasteiger partial charge in [-0.05, 0) is 25.7 Å². The summed E-state index contributed by atoms with van der Waals surface area (Å²) in [5, 5.41) is 0. The molecular weight excluding hydrogens is 222 g/mol. The third-order valence-electron chi connectivity index (χ3n) is 3.78. The van der Waals surface area contributed by atoms with Crippen LogP contribution in [-0.2, 0) is 0 Å². The molecule has 2 aromatic rings. The molecule has 0 spiro atoms. The molecule has 3 rings (SSSR count). The Balaban J connectivity index is 1.92. The van der Waals surface area contributed by atoms with Gasteiger partial charge in [0, 0.05) is 30.0 Å². The van der Waals surface area contributed by atoms with Crippen molar-refractivity contribution in [2.45, 2.75) is 37.8 Å². The SMILES string of the molecule is NC1CCCC(n2ccnc2-c2ccccc2)C1. The summed E-state index contributed by atoms with van der Waals surface area (Å²) < 4.78 is 2.30. The lowest BCUT2D eigenvalue weighted by Gasteiger charge is -2.28. The van der Waals surface area contributed by atoms with E-state index < -0.39 is 0 Å². The molecule has 1 heterocycles. The van der Waals surface area contributed by atoms with Gasteiger partial charge in [-0.25, -0.2) is 4.98 Å². The maximum Gasteiger partial charge on any atom is 0.140 e. The van der Waals surface area contributed by atoms with Crippen LogP contribution in [0.3, 0.4) is 0 Å². The van der Waals surface area contributed by atoms with E-state index in [1.54, 1.807) is 0 Å².